The van der Waals surface area contributed by atoms with Crippen molar-refractivity contribution in [3.05, 3.63) is 23.2 Å². The molecule has 1 amide bonds. The van der Waals surface area contributed by atoms with Gasteiger partial charge in [0.2, 0.25) is 5.91 Å². The Hall–Kier alpha value is -1.95. The van der Waals surface area contributed by atoms with Crippen LogP contribution in [0.4, 0.5) is 5.69 Å². The van der Waals surface area contributed by atoms with E-state index in [0.717, 1.165) is 25.9 Å². The summed E-state index contributed by atoms with van der Waals surface area (Å²) in [4.78, 5) is 17.9. The summed E-state index contributed by atoms with van der Waals surface area (Å²) in [6.45, 7) is 1.69. The number of ether oxygens (including phenoxy) is 1. The summed E-state index contributed by atoms with van der Waals surface area (Å²) in [7, 11) is 1.55. The Morgan fingerprint density at radius 2 is 2.14 bits per heavy atom. The quantitative estimate of drug-likeness (QED) is 0.656. The van der Waals surface area contributed by atoms with Crippen LogP contribution in [0.25, 0.3) is 0 Å². The summed E-state index contributed by atoms with van der Waals surface area (Å²) in [6.07, 6.45) is 3.32. The number of amides is 1. The van der Waals surface area contributed by atoms with Gasteiger partial charge in [-0.3, -0.25) is 4.79 Å². The number of nitrogens with one attached hydrogen (secondary N) is 1. The zero-order valence-electron chi connectivity index (χ0n) is 12.6. The number of guanidine groups is 1. The van der Waals surface area contributed by atoms with Crippen molar-refractivity contribution in [1.29, 1.82) is 0 Å². The predicted octanol–water partition coefficient (Wildman–Crippen LogP) is 2.09. The van der Waals surface area contributed by atoms with Crippen molar-refractivity contribution in [1.82, 2.24) is 4.90 Å². The SMILES string of the molecule is COc1ccc(NC(N)=NCC(=O)N2CCCCC2)cc1Cl. The molecule has 6 nitrogen and oxygen atoms in total. The molecule has 3 N–H and O–H groups in total. The number of methoxy groups -OCH3 is 1. The molecule has 2 rings (SSSR count). The maximum atomic E-state index is 12.0. The smallest absolute Gasteiger partial charge is 0.244 e. The van der Waals surface area contributed by atoms with Gasteiger partial charge in [0.1, 0.15) is 12.3 Å². The van der Waals surface area contributed by atoms with Gasteiger partial charge in [0.15, 0.2) is 5.96 Å². The standard InChI is InChI=1S/C15H21ClN4O2/c1-22-13-6-5-11(9-12(13)16)19-15(17)18-10-14(21)20-7-3-2-4-8-20/h5-6,9H,2-4,7-8,10H2,1H3,(H3,17,18,19). The lowest BCUT2D eigenvalue weighted by atomic mass is 10.1. The predicted molar refractivity (Wildman–Crippen MR) is 88.5 cm³/mol. The summed E-state index contributed by atoms with van der Waals surface area (Å²) in [5.74, 6) is 0.784. The lowest BCUT2D eigenvalue weighted by Crippen LogP contribution is -2.37. The molecule has 0 bridgehead atoms. The first-order valence-corrected chi connectivity index (χ1v) is 7.66. The van der Waals surface area contributed by atoms with E-state index in [1.807, 2.05) is 4.90 Å². The normalized spacial score (nSPS) is 15.5. The molecule has 0 aliphatic carbocycles. The van der Waals surface area contributed by atoms with E-state index in [1.165, 1.54) is 6.42 Å². The van der Waals surface area contributed by atoms with E-state index in [4.69, 9.17) is 22.1 Å². The van der Waals surface area contributed by atoms with E-state index in [1.54, 1.807) is 25.3 Å². The van der Waals surface area contributed by atoms with Gasteiger partial charge in [0, 0.05) is 18.8 Å². The molecule has 7 heteroatoms. The zero-order chi connectivity index (χ0) is 15.9. The Labute approximate surface area is 135 Å². The molecular weight excluding hydrogens is 304 g/mol. The maximum Gasteiger partial charge on any atom is 0.244 e. The molecule has 0 atom stereocenters. The number of halogens is 1. The second-order valence-corrected chi connectivity index (χ2v) is 5.52. The molecule has 1 aliphatic heterocycles. The van der Waals surface area contributed by atoms with Gasteiger partial charge < -0.3 is 20.7 Å². The van der Waals surface area contributed by atoms with Crippen LogP contribution in [0.1, 0.15) is 19.3 Å². The summed E-state index contributed by atoms with van der Waals surface area (Å²) in [5.41, 5.74) is 6.49. The Morgan fingerprint density at radius 3 is 2.77 bits per heavy atom. The van der Waals surface area contributed by atoms with E-state index in [-0.39, 0.29) is 18.4 Å². The fourth-order valence-corrected chi connectivity index (χ4v) is 2.59. The van der Waals surface area contributed by atoms with Crippen LogP contribution in [-0.4, -0.2) is 43.5 Å². The van der Waals surface area contributed by atoms with Gasteiger partial charge in [-0.05, 0) is 37.5 Å². The highest BCUT2D eigenvalue weighted by Crippen LogP contribution is 2.26. The summed E-state index contributed by atoms with van der Waals surface area (Å²) < 4.78 is 5.08. The monoisotopic (exact) mass is 324 g/mol. The van der Waals surface area contributed by atoms with Crippen LogP contribution < -0.4 is 15.8 Å². The lowest BCUT2D eigenvalue weighted by molar-refractivity contribution is -0.130. The minimum Gasteiger partial charge on any atom is -0.495 e. The molecule has 1 heterocycles. The highest BCUT2D eigenvalue weighted by Gasteiger charge is 2.15. The molecule has 1 aromatic rings. The number of likely N-dealkylation sites (tertiary alicyclic amines) is 1. The van der Waals surface area contributed by atoms with E-state index >= 15 is 0 Å². The van der Waals surface area contributed by atoms with Crippen molar-refractivity contribution in [3.8, 4) is 5.75 Å². The molecule has 1 aromatic carbocycles. The summed E-state index contributed by atoms with van der Waals surface area (Å²) in [6, 6.07) is 5.20. The number of hydrogen-bond donors (Lipinski definition) is 2. The highest BCUT2D eigenvalue weighted by molar-refractivity contribution is 6.32. The third kappa shape index (κ3) is 4.53. The van der Waals surface area contributed by atoms with Crippen molar-refractivity contribution in [2.24, 2.45) is 10.7 Å². The molecule has 1 saturated heterocycles. The number of aliphatic imine (C=N–C) groups is 1. The van der Waals surface area contributed by atoms with Crippen LogP contribution >= 0.6 is 11.6 Å². The van der Waals surface area contributed by atoms with Crippen molar-refractivity contribution >= 4 is 29.2 Å². The number of carbonyl (C=O) groups is 1. The third-order valence-electron chi connectivity index (χ3n) is 3.52. The molecule has 1 aliphatic rings. The fourth-order valence-electron chi connectivity index (χ4n) is 2.33. The van der Waals surface area contributed by atoms with Gasteiger partial charge in [-0.25, -0.2) is 4.99 Å². The molecule has 0 radical (unpaired) electrons. The number of benzene rings is 1. The second kappa shape index (κ2) is 7.89. The van der Waals surface area contributed by atoms with E-state index in [0.29, 0.717) is 16.5 Å². The molecule has 1 fully saturated rings. The molecule has 0 unspecified atom stereocenters. The van der Waals surface area contributed by atoms with Crippen LogP contribution in [-0.2, 0) is 4.79 Å². The lowest BCUT2D eigenvalue weighted by Gasteiger charge is -2.26. The third-order valence-corrected chi connectivity index (χ3v) is 3.81. The number of nitrogens with zero attached hydrogens (tertiary/aromatic N) is 2. The van der Waals surface area contributed by atoms with Crippen LogP contribution in [0.3, 0.4) is 0 Å². The Kier molecular flexibility index (Phi) is 5.89. The van der Waals surface area contributed by atoms with Gasteiger partial charge in [-0.2, -0.15) is 0 Å². The zero-order valence-corrected chi connectivity index (χ0v) is 13.4. The fraction of sp³-hybridized carbons (Fsp3) is 0.467. The molecule has 22 heavy (non-hydrogen) atoms. The van der Waals surface area contributed by atoms with E-state index < -0.39 is 0 Å². The van der Waals surface area contributed by atoms with Gasteiger partial charge in [0.25, 0.3) is 0 Å². The average Bonchev–Trinajstić information content (AvgIpc) is 2.53. The number of piperidine rings is 1. The number of nitrogens with two attached hydrogens (primary N) is 1. The summed E-state index contributed by atoms with van der Waals surface area (Å²) >= 11 is 6.04. The van der Waals surface area contributed by atoms with Gasteiger partial charge in [-0.1, -0.05) is 11.6 Å². The van der Waals surface area contributed by atoms with E-state index in [9.17, 15) is 4.79 Å². The van der Waals surface area contributed by atoms with Gasteiger partial charge in [0.05, 0.1) is 12.1 Å². The van der Waals surface area contributed by atoms with Crippen molar-refractivity contribution < 1.29 is 9.53 Å². The Balaban J connectivity index is 1.89. The Morgan fingerprint density at radius 1 is 1.41 bits per heavy atom. The molecule has 0 spiro atoms. The number of anilines is 1. The van der Waals surface area contributed by atoms with Gasteiger partial charge in [-0.15, -0.1) is 0 Å². The van der Waals surface area contributed by atoms with Crippen LogP contribution in [0, 0.1) is 0 Å². The first kappa shape index (κ1) is 16.4. The molecule has 0 aromatic heterocycles. The number of carbonyl (C=O) groups excluding carboxylic acids is 1. The molecular formula is C15H21ClN4O2. The second-order valence-electron chi connectivity index (χ2n) is 5.12. The first-order valence-electron chi connectivity index (χ1n) is 7.28. The van der Waals surface area contributed by atoms with Crippen LogP contribution in [0.2, 0.25) is 5.02 Å². The topological polar surface area (TPSA) is 80.0 Å². The van der Waals surface area contributed by atoms with Crippen molar-refractivity contribution in [2.45, 2.75) is 19.3 Å². The number of rotatable bonds is 4. The average molecular weight is 325 g/mol. The van der Waals surface area contributed by atoms with Crippen LogP contribution in [0.5, 0.6) is 5.75 Å². The maximum absolute atomic E-state index is 12.0. The van der Waals surface area contributed by atoms with Crippen molar-refractivity contribution in [2.75, 3.05) is 32.1 Å². The Bertz CT molecular complexity index is 556. The summed E-state index contributed by atoms with van der Waals surface area (Å²) in [5, 5.41) is 3.39. The minimum absolute atomic E-state index is 0.0113. The van der Waals surface area contributed by atoms with Crippen molar-refractivity contribution in [3.63, 3.8) is 0 Å². The molecule has 0 saturated carbocycles. The molecule has 120 valence electrons. The van der Waals surface area contributed by atoms with E-state index in [2.05, 4.69) is 10.3 Å². The highest BCUT2D eigenvalue weighted by atomic mass is 35.5. The van der Waals surface area contributed by atoms with Gasteiger partial charge >= 0.3 is 0 Å². The first-order chi connectivity index (χ1) is 10.6. The largest absolute Gasteiger partial charge is 0.495 e. The number of hydrogen-bond acceptors (Lipinski definition) is 3. The minimum atomic E-state index is 0.0113. The van der Waals surface area contributed by atoms with Crippen LogP contribution in [0.15, 0.2) is 23.2 Å².